The Morgan fingerprint density at radius 2 is 2.13 bits per heavy atom. The Bertz CT molecular complexity index is 1500. The van der Waals surface area contributed by atoms with Crippen molar-refractivity contribution in [2.45, 2.75) is 19.9 Å². The normalized spacial score (nSPS) is 16.5. The number of thiophene rings is 1. The Hall–Kier alpha value is -3.23. The highest BCUT2D eigenvalue weighted by Gasteiger charge is 2.33. The number of para-hydroxylation sites is 1. The van der Waals surface area contributed by atoms with Gasteiger partial charge in [-0.05, 0) is 37.4 Å². The highest BCUT2D eigenvalue weighted by molar-refractivity contribution is 7.10. The zero-order valence-corrected chi connectivity index (χ0v) is 18.5. The number of thiazole rings is 1. The molecule has 1 aliphatic heterocycles. The molecule has 4 aromatic rings. The van der Waals surface area contributed by atoms with Crippen molar-refractivity contribution < 1.29 is 9.53 Å². The van der Waals surface area contributed by atoms with E-state index in [9.17, 15) is 9.59 Å². The zero-order chi connectivity index (χ0) is 21.5. The van der Waals surface area contributed by atoms with Crippen molar-refractivity contribution in [2.24, 2.45) is 4.99 Å². The molecule has 6 nitrogen and oxygen atoms in total. The SMILES string of the molecule is CCOC(=O)C1=C(C)N=c2s/c(=C\c3c[nH]c4ccccc34)c(=O)n2[C@H]1c1cccs1. The van der Waals surface area contributed by atoms with Crippen LogP contribution in [-0.4, -0.2) is 22.1 Å². The first-order valence-electron chi connectivity index (χ1n) is 9.87. The molecule has 0 fully saturated rings. The Kier molecular flexibility index (Phi) is 4.95. The molecule has 0 saturated heterocycles. The van der Waals surface area contributed by atoms with Crippen molar-refractivity contribution in [1.82, 2.24) is 9.55 Å². The number of aromatic nitrogens is 2. The third-order valence-corrected chi connectivity index (χ3v) is 7.15. The van der Waals surface area contributed by atoms with E-state index in [4.69, 9.17) is 4.74 Å². The molecule has 0 saturated carbocycles. The summed E-state index contributed by atoms with van der Waals surface area (Å²) in [7, 11) is 0. The highest BCUT2D eigenvalue weighted by Crippen LogP contribution is 2.33. The van der Waals surface area contributed by atoms with Crippen LogP contribution in [0.25, 0.3) is 17.0 Å². The minimum atomic E-state index is -0.541. The molecule has 1 N–H and O–H groups in total. The Labute approximate surface area is 185 Å². The number of H-pyrrole nitrogens is 1. The second-order valence-electron chi connectivity index (χ2n) is 7.11. The number of fused-ring (bicyclic) bond motifs is 2. The van der Waals surface area contributed by atoms with Crippen LogP contribution < -0.4 is 14.9 Å². The van der Waals surface area contributed by atoms with Crippen LogP contribution in [0.3, 0.4) is 0 Å². The molecule has 31 heavy (non-hydrogen) atoms. The van der Waals surface area contributed by atoms with Crippen molar-refractivity contribution in [3.05, 3.63) is 89.4 Å². The average molecular weight is 450 g/mol. The fraction of sp³-hybridized carbons (Fsp3) is 0.174. The van der Waals surface area contributed by atoms with Gasteiger partial charge in [0.15, 0.2) is 4.80 Å². The molecule has 156 valence electrons. The number of nitrogens with one attached hydrogen (secondary N) is 1. The van der Waals surface area contributed by atoms with E-state index >= 15 is 0 Å². The predicted molar refractivity (Wildman–Crippen MR) is 123 cm³/mol. The number of hydrogen-bond acceptors (Lipinski definition) is 6. The fourth-order valence-electron chi connectivity index (χ4n) is 3.86. The monoisotopic (exact) mass is 449 g/mol. The van der Waals surface area contributed by atoms with Gasteiger partial charge in [-0.3, -0.25) is 9.36 Å². The molecule has 0 bridgehead atoms. The summed E-state index contributed by atoms with van der Waals surface area (Å²) in [6.45, 7) is 3.83. The standard InChI is InChI=1S/C23H19N3O3S2/c1-3-29-22(28)19-13(2)25-23-26(20(19)17-9-6-10-30-17)21(27)18(31-23)11-14-12-24-16-8-5-4-7-15(14)16/h4-12,20,24H,3H2,1-2H3/b18-11-/t20-/m0/s1. The maximum Gasteiger partial charge on any atom is 0.338 e. The number of aromatic amines is 1. The Morgan fingerprint density at radius 1 is 1.29 bits per heavy atom. The van der Waals surface area contributed by atoms with E-state index in [0.717, 1.165) is 21.3 Å². The van der Waals surface area contributed by atoms with Crippen LogP contribution in [0.2, 0.25) is 0 Å². The molecule has 4 heterocycles. The number of nitrogens with zero attached hydrogens (tertiary/aromatic N) is 2. The lowest BCUT2D eigenvalue weighted by atomic mass is 10.0. The van der Waals surface area contributed by atoms with Crippen LogP contribution in [0.5, 0.6) is 0 Å². The lowest BCUT2D eigenvalue weighted by Crippen LogP contribution is -2.39. The third kappa shape index (κ3) is 3.28. The number of allylic oxidation sites excluding steroid dienone is 1. The van der Waals surface area contributed by atoms with Crippen LogP contribution in [0.1, 0.15) is 30.3 Å². The molecule has 3 aromatic heterocycles. The van der Waals surface area contributed by atoms with Gasteiger partial charge in [-0.15, -0.1) is 11.3 Å². The lowest BCUT2D eigenvalue weighted by Gasteiger charge is -2.23. The molecule has 0 unspecified atom stereocenters. The molecule has 0 spiro atoms. The first-order chi connectivity index (χ1) is 15.1. The number of carbonyl (C=O) groups excluding carboxylic acids is 1. The van der Waals surface area contributed by atoms with Gasteiger partial charge in [-0.25, -0.2) is 9.79 Å². The molecule has 1 aromatic carbocycles. The van der Waals surface area contributed by atoms with Crippen molar-refractivity contribution in [2.75, 3.05) is 6.61 Å². The van der Waals surface area contributed by atoms with E-state index in [1.807, 2.05) is 54.1 Å². The Morgan fingerprint density at radius 3 is 2.90 bits per heavy atom. The predicted octanol–water partition coefficient (Wildman–Crippen LogP) is 3.34. The topological polar surface area (TPSA) is 76.4 Å². The van der Waals surface area contributed by atoms with Crippen LogP contribution >= 0.6 is 22.7 Å². The van der Waals surface area contributed by atoms with Gasteiger partial charge in [-0.1, -0.05) is 35.6 Å². The number of carbonyl (C=O) groups is 1. The van der Waals surface area contributed by atoms with Crippen LogP contribution in [0, 0.1) is 0 Å². The van der Waals surface area contributed by atoms with Gasteiger partial charge < -0.3 is 9.72 Å². The lowest BCUT2D eigenvalue weighted by molar-refractivity contribution is -0.139. The van der Waals surface area contributed by atoms with E-state index < -0.39 is 12.0 Å². The molecule has 0 amide bonds. The zero-order valence-electron chi connectivity index (χ0n) is 16.9. The molecule has 8 heteroatoms. The van der Waals surface area contributed by atoms with Crippen LogP contribution in [0.4, 0.5) is 0 Å². The summed E-state index contributed by atoms with van der Waals surface area (Å²) in [5, 5.41) is 2.99. The van der Waals surface area contributed by atoms with Gasteiger partial charge in [0, 0.05) is 27.5 Å². The van der Waals surface area contributed by atoms with Gasteiger partial charge >= 0.3 is 5.97 Å². The molecule has 1 atom stereocenters. The second kappa shape index (κ2) is 7.79. The molecular weight excluding hydrogens is 430 g/mol. The molecule has 1 aliphatic rings. The highest BCUT2D eigenvalue weighted by atomic mass is 32.1. The average Bonchev–Trinajstić information content (AvgIpc) is 3.48. The first kappa shape index (κ1) is 19.7. The quantitative estimate of drug-likeness (QED) is 0.486. The maximum absolute atomic E-state index is 13.5. The van der Waals surface area contributed by atoms with Gasteiger partial charge in [0.2, 0.25) is 0 Å². The number of ether oxygens (including phenoxy) is 1. The number of esters is 1. The third-order valence-electron chi connectivity index (χ3n) is 5.24. The number of benzene rings is 1. The number of hydrogen-bond donors (Lipinski definition) is 1. The van der Waals surface area contributed by atoms with Crippen molar-refractivity contribution in [3.63, 3.8) is 0 Å². The fourth-order valence-corrected chi connectivity index (χ4v) is 5.72. The van der Waals surface area contributed by atoms with Crippen molar-refractivity contribution in [3.8, 4) is 0 Å². The largest absolute Gasteiger partial charge is 0.463 e. The summed E-state index contributed by atoms with van der Waals surface area (Å²) in [6, 6.07) is 11.3. The molecular formula is C23H19N3O3S2. The molecule has 5 rings (SSSR count). The van der Waals surface area contributed by atoms with E-state index in [1.54, 1.807) is 18.4 Å². The summed E-state index contributed by atoms with van der Waals surface area (Å²) >= 11 is 2.84. The van der Waals surface area contributed by atoms with Gasteiger partial charge in [-0.2, -0.15) is 0 Å². The summed E-state index contributed by atoms with van der Waals surface area (Å²) < 4.78 is 7.49. The second-order valence-corrected chi connectivity index (χ2v) is 9.10. The van der Waals surface area contributed by atoms with E-state index in [-0.39, 0.29) is 12.2 Å². The van der Waals surface area contributed by atoms with Gasteiger partial charge in [0.25, 0.3) is 5.56 Å². The molecule has 0 radical (unpaired) electrons. The van der Waals surface area contributed by atoms with E-state index in [0.29, 0.717) is 20.6 Å². The van der Waals surface area contributed by atoms with Crippen LogP contribution in [0.15, 0.2) is 69.0 Å². The minimum Gasteiger partial charge on any atom is -0.463 e. The summed E-state index contributed by atoms with van der Waals surface area (Å²) in [4.78, 5) is 35.6. The minimum absolute atomic E-state index is 0.165. The maximum atomic E-state index is 13.5. The summed E-state index contributed by atoms with van der Waals surface area (Å²) in [5.41, 5.74) is 2.78. The first-order valence-corrected chi connectivity index (χ1v) is 11.6. The smallest absolute Gasteiger partial charge is 0.338 e. The van der Waals surface area contributed by atoms with Gasteiger partial charge in [0.05, 0.1) is 22.4 Å². The number of rotatable bonds is 4. The molecule has 0 aliphatic carbocycles. The Balaban J connectivity index is 1.73. The van der Waals surface area contributed by atoms with Crippen LogP contribution in [-0.2, 0) is 9.53 Å². The van der Waals surface area contributed by atoms with E-state index in [2.05, 4.69) is 9.98 Å². The van der Waals surface area contributed by atoms with E-state index in [1.165, 1.54) is 22.7 Å². The van der Waals surface area contributed by atoms with Crippen molar-refractivity contribution in [1.29, 1.82) is 0 Å². The summed E-state index contributed by atoms with van der Waals surface area (Å²) in [6.07, 6.45) is 3.78. The van der Waals surface area contributed by atoms with Gasteiger partial charge in [0.1, 0.15) is 6.04 Å². The summed E-state index contributed by atoms with van der Waals surface area (Å²) in [5.74, 6) is -0.437. The van der Waals surface area contributed by atoms with Crippen molar-refractivity contribution >= 4 is 45.6 Å².